The van der Waals surface area contributed by atoms with Gasteiger partial charge in [-0.25, -0.2) is 8.78 Å². The number of hydrogen-bond donors (Lipinski definition) is 3. The quantitative estimate of drug-likeness (QED) is 0.521. The highest BCUT2D eigenvalue weighted by Crippen LogP contribution is 2.26. The maximum atomic E-state index is 13.3. The number of ether oxygens (including phenoxy) is 1. The van der Waals surface area contributed by atoms with Gasteiger partial charge in [-0.3, -0.25) is 4.79 Å². The van der Waals surface area contributed by atoms with E-state index in [0.717, 1.165) is 7.11 Å². The molecule has 0 aliphatic heterocycles. The van der Waals surface area contributed by atoms with Gasteiger partial charge in [-0.05, 0) is 6.07 Å². The predicted molar refractivity (Wildman–Crippen MR) is 55.4 cm³/mol. The Labute approximate surface area is 100 Å². The van der Waals surface area contributed by atoms with Crippen molar-refractivity contribution < 1.29 is 32.8 Å². The molecule has 0 spiro atoms. The lowest BCUT2D eigenvalue weighted by Gasteiger charge is -2.10. The summed E-state index contributed by atoms with van der Waals surface area (Å²) in [6.07, 6.45) is -0.553. The molecule has 1 amide bonds. The fourth-order valence-electron chi connectivity index (χ4n) is 1.23. The zero-order valence-corrected chi connectivity index (χ0v) is 9.21. The van der Waals surface area contributed by atoms with Crippen LogP contribution in [0.1, 0.15) is 10.4 Å². The normalized spacial score (nSPS) is 10.1. The number of carbonyl (C=O) groups is 1. The molecular weight excluding hydrogens is 254 g/mol. The van der Waals surface area contributed by atoms with Gasteiger partial charge in [-0.1, -0.05) is 0 Å². The Morgan fingerprint density at radius 1 is 1.39 bits per heavy atom. The molecule has 0 heterocycles. The van der Waals surface area contributed by atoms with E-state index in [1.165, 1.54) is 0 Å². The Hall–Kier alpha value is -1.74. The summed E-state index contributed by atoms with van der Waals surface area (Å²) in [7, 11) is -0.844. The van der Waals surface area contributed by atoms with E-state index in [0.29, 0.717) is 6.07 Å². The average Bonchev–Trinajstić information content (AvgIpc) is 2.32. The van der Waals surface area contributed by atoms with Crippen LogP contribution in [0.4, 0.5) is 13.2 Å². The predicted octanol–water partition coefficient (Wildman–Crippen LogP) is -0.146. The number of halogens is 3. The van der Waals surface area contributed by atoms with E-state index in [9.17, 15) is 18.0 Å². The molecule has 3 N–H and O–H groups in total. The van der Waals surface area contributed by atoms with Gasteiger partial charge in [0.05, 0.1) is 19.1 Å². The third kappa shape index (κ3) is 2.93. The van der Waals surface area contributed by atoms with Crippen LogP contribution in [0.15, 0.2) is 6.07 Å². The Kier molecular flexibility index (Phi) is 4.57. The molecule has 0 fully saturated rings. The number of methoxy groups -OCH3 is 1. The van der Waals surface area contributed by atoms with Crippen molar-refractivity contribution in [1.29, 1.82) is 0 Å². The molecule has 1 aromatic carbocycles. The SMILES string of the molecule is COc1c(C(=O)NCB(O)O)cc(F)c(F)c1F. The van der Waals surface area contributed by atoms with Crippen LogP contribution in [0.5, 0.6) is 5.75 Å². The smallest absolute Gasteiger partial charge is 0.472 e. The first-order chi connectivity index (χ1) is 8.38. The van der Waals surface area contributed by atoms with E-state index in [4.69, 9.17) is 10.0 Å². The monoisotopic (exact) mass is 263 g/mol. The van der Waals surface area contributed by atoms with Gasteiger partial charge in [0, 0.05) is 0 Å². The van der Waals surface area contributed by atoms with Crippen molar-refractivity contribution >= 4 is 13.0 Å². The number of benzene rings is 1. The van der Waals surface area contributed by atoms with E-state index in [1.54, 1.807) is 0 Å². The fourth-order valence-corrected chi connectivity index (χ4v) is 1.23. The summed E-state index contributed by atoms with van der Waals surface area (Å²) in [5, 5.41) is 19.0. The number of hydrogen-bond acceptors (Lipinski definition) is 4. The highest BCUT2D eigenvalue weighted by atomic mass is 19.2. The van der Waals surface area contributed by atoms with Crippen LogP contribution in [-0.2, 0) is 0 Å². The molecule has 0 unspecified atom stereocenters. The molecule has 18 heavy (non-hydrogen) atoms. The molecule has 1 aromatic rings. The highest BCUT2D eigenvalue weighted by Gasteiger charge is 2.24. The van der Waals surface area contributed by atoms with Crippen LogP contribution < -0.4 is 10.1 Å². The Bertz CT molecular complexity index is 470. The Balaban J connectivity index is 3.11. The van der Waals surface area contributed by atoms with E-state index < -0.39 is 48.2 Å². The van der Waals surface area contributed by atoms with Gasteiger partial charge in [-0.15, -0.1) is 0 Å². The lowest BCUT2D eigenvalue weighted by Crippen LogP contribution is -2.35. The lowest BCUT2D eigenvalue weighted by atomic mass is 9.92. The molecule has 0 aliphatic rings. The molecule has 0 saturated heterocycles. The molecule has 0 aliphatic carbocycles. The molecule has 1 rings (SSSR count). The maximum absolute atomic E-state index is 13.3. The maximum Gasteiger partial charge on any atom is 0.472 e. The minimum absolute atomic E-state index is 0.455. The first kappa shape index (κ1) is 14.3. The second-order valence-electron chi connectivity index (χ2n) is 3.26. The van der Waals surface area contributed by atoms with Crippen molar-refractivity contribution in [1.82, 2.24) is 5.32 Å². The molecule has 0 radical (unpaired) electrons. The van der Waals surface area contributed by atoms with Gasteiger partial charge < -0.3 is 20.1 Å². The van der Waals surface area contributed by atoms with Crippen LogP contribution in [0.2, 0.25) is 0 Å². The van der Waals surface area contributed by atoms with Crippen molar-refractivity contribution in [2.75, 3.05) is 13.6 Å². The zero-order chi connectivity index (χ0) is 13.9. The van der Waals surface area contributed by atoms with Gasteiger partial charge in [0.2, 0.25) is 5.82 Å². The number of amides is 1. The van der Waals surface area contributed by atoms with E-state index in [2.05, 4.69) is 4.74 Å². The molecule has 0 bridgehead atoms. The van der Waals surface area contributed by atoms with Gasteiger partial charge >= 0.3 is 7.12 Å². The molecule has 0 aromatic heterocycles. The summed E-state index contributed by atoms with van der Waals surface area (Å²) in [6.45, 7) is 0. The summed E-state index contributed by atoms with van der Waals surface area (Å²) in [6, 6.07) is 0.455. The Morgan fingerprint density at radius 2 is 2.00 bits per heavy atom. The Morgan fingerprint density at radius 3 is 2.50 bits per heavy atom. The molecule has 9 heteroatoms. The van der Waals surface area contributed by atoms with Gasteiger partial charge in [0.25, 0.3) is 5.91 Å². The highest BCUT2D eigenvalue weighted by molar-refractivity contribution is 6.41. The second-order valence-corrected chi connectivity index (χ2v) is 3.26. The third-order valence-corrected chi connectivity index (χ3v) is 2.01. The molecule has 0 saturated carbocycles. The third-order valence-electron chi connectivity index (χ3n) is 2.01. The van der Waals surface area contributed by atoms with Gasteiger partial charge in [-0.2, -0.15) is 4.39 Å². The molecule has 5 nitrogen and oxygen atoms in total. The first-order valence-electron chi connectivity index (χ1n) is 4.74. The minimum Gasteiger partial charge on any atom is -0.493 e. The van der Waals surface area contributed by atoms with Crippen molar-refractivity contribution in [3.8, 4) is 5.75 Å². The second kappa shape index (κ2) is 5.74. The summed E-state index contributed by atoms with van der Waals surface area (Å²) in [4.78, 5) is 11.5. The van der Waals surface area contributed by atoms with Crippen molar-refractivity contribution in [3.63, 3.8) is 0 Å². The van der Waals surface area contributed by atoms with E-state index in [-0.39, 0.29) is 0 Å². The van der Waals surface area contributed by atoms with Crippen molar-refractivity contribution in [3.05, 3.63) is 29.1 Å². The summed E-state index contributed by atoms with van der Waals surface area (Å²) in [5.74, 6) is -6.74. The fraction of sp³-hybridized carbons (Fsp3) is 0.222. The lowest BCUT2D eigenvalue weighted by molar-refractivity contribution is 0.0951. The minimum atomic E-state index is -1.82. The zero-order valence-electron chi connectivity index (χ0n) is 9.21. The topological polar surface area (TPSA) is 78.8 Å². The summed E-state index contributed by atoms with van der Waals surface area (Å²) < 4.78 is 43.6. The largest absolute Gasteiger partial charge is 0.493 e. The van der Waals surface area contributed by atoms with E-state index in [1.807, 2.05) is 5.32 Å². The summed E-state index contributed by atoms with van der Waals surface area (Å²) >= 11 is 0. The van der Waals surface area contributed by atoms with Crippen molar-refractivity contribution in [2.45, 2.75) is 0 Å². The standard InChI is InChI=1S/C9H9BF3NO4/c1-18-8-4(9(15)14-3-10(16)17)2-5(11)6(12)7(8)13/h2,16-17H,3H2,1H3,(H,14,15). The number of carbonyl (C=O) groups excluding carboxylic acids is 1. The van der Waals surface area contributed by atoms with Crippen LogP contribution in [0, 0.1) is 17.5 Å². The van der Waals surface area contributed by atoms with E-state index >= 15 is 0 Å². The summed E-state index contributed by atoms with van der Waals surface area (Å²) in [5.41, 5.74) is -0.588. The molecular formula is C9H9BF3NO4. The molecule has 98 valence electrons. The van der Waals surface area contributed by atoms with Gasteiger partial charge in [0.15, 0.2) is 17.4 Å². The van der Waals surface area contributed by atoms with Crippen LogP contribution >= 0.6 is 0 Å². The average molecular weight is 263 g/mol. The number of nitrogens with one attached hydrogen (secondary N) is 1. The van der Waals surface area contributed by atoms with Crippen LogP contribution in [0.25, 0.3) is 0 Å². The van der Waals surface area contributed by atoms with Crippen LogP contribution in [0.3, 0.4) is 0 Å². The molecule has 0 atom stereocenters. The van der Waals surface area contributed by atoms with Gasteiger partial charge in [0.1, 0.15) is 0 Å². The van der Waals surface area contributed by atoms with Crippen LogP contribution in [-0.4, -0.2) is 36.6 Å². The first-order valence-corrected chi connectivity index (χ1v) is 4.74. The van der Waals surface area contributed by atoms with Crippen molar-refractivity contribution in [2.24, 2.45) is 0 Å². The number of rotatable bonds is 4.